The van der Waals surface area contributed by atoms with Crippen molar-refractivity contribution in [3.8, 4) is 0 Å². The van der Waals surface area contributed by atoms with Crippen molar-refractivity contribution in [1.29, 1.82) is 0 Å². The van der Waals surface area contributed by atoms with Crippen molar-refractivity contribution in [2.24, 2.45) is 5.92 Å². The Morgan fingerprint density at radius 3 is 2.29 bits per heavy atom. The molecule has 3 nitrogen and oxygen atoms in total. The van der Waals surface area contributed by atoms with Gasteiger partial charge < -0.3 is 14.8 Å². The minimum absolute atomic E-state index is 0.121. The van der Waals surface area contributed by atoms with Gasteiger partial charge in [0.05, 0.1) is 25.4 Å². The lowest BCUT2D eigenvalue weighted by Crippen LogP contribution is -2.32. The number of nitrogens with one attached hydrogen (secondary N) is 1. The van der Waals surface area contributed by atoms with Crippen molar-refractivity contribution < 1.29 is 9.47 Å². The summed E-state index contributed by atoms with van der Waals surface area (Å²) < 4.78 is 11.5. The summed E-state index contributed by atoms with van der Waals surface area (Å²) in [5.41, 5.74) is 2.56. The minimum Gasteiger partial charge on any atom is -0.379 e. The Hall–Kier alpha value is -0.900. The molecule has 0 aromatic heterocycles. The molecule has 2 atom stereocenters. The highest BCUT2D eigenvalue weighted by molar-refractivity contribution is 5.24. The number of likely N-dealkylation sites (N-methyl/N-ethyl adjacent to an activating group) is 1. The Morgan fingerprint density at radius 2 is 1.71 bits per heavy atom. The molecule has 2 unspecified atom stereocenters. The molecule has 0 bridgehead atoms. The topological polar surface area (TPSA) is 30.5 Å². The molecule has 1 aromatic rings. The van der Waals surface area contributed by atoms with Crippen LogP contribution < -0.4 is 5.32 Å². The van der Waals surface area contributed by atoms with Crippen LogP contribution in [0.3, 0.4) is 0 Å². The summed E-state index contributed by atoms with van der Waals surface area (Å²) in [5.74, 6) is 0.574. The van der Waals surface area contributed by atoms with E-state index < -0.39 is 0 Å². The molecule has 0 spiro atoms. The maximum Gasteiger partial charge on any atom is 0.0742 e. The molecule has 0 saturated carbocycles. The number of aryl methyl sites for hydroxylation is 1. The van der Waals surface area contributed by atoms with E-state index >= 15 is 0 Å². The van der Waals surface area contributed by atoms with Crippen LogP contribution in [0.5, 0.6) is 0 Å². The Morgan fingerprint density at radius 1 is 1.05 bits per heavy atom. The molecule has 0 amide bonds. The summed E-state index contributed by atoms with van der Waals surface area (Å²) in [5, 5.41) is 3.51. The lowest BCUT2D eigenvalue weighted by molar-refractivity contribution is -0.00808. The van der Waals surface area contributed by atoms with E-state index in [9.17, 15) is 0 Å². The molecule has 0 saturated heterocycles. The highest BCUT2D eigenvalue weighted by atomic mass is 16.5. The van der Waals surface area contributed by atoms with E-state index in [1.54, 1.807) is 0 Å². The molecule has 0 fully saturated rings. The van der Waals surface area contributed by atoms with Crippen LogP contribution in [0.15, 0.2) is 24.3 Å². The van der Waals surface area contributed by atoms with Gasteiger partial charge in [-0.1, -0.05) is 50.6 Å². The average Bonchev–Trinajstić information content (AvgIpc) is 2.45. The van der Waals surface area contributed by atoms with Crippen molar-refractivity contribution in [3.05, 3.63) is 35.4 Å². The first-order valence-corrected chi connectivity index (χ1v) is 8.03. The number of hydrogen-bond donors (Lipinski definition) is 1. The van der Waals surface area contributed by atoms with E-state index in [4.69, 9.17) is 9.47 Å². The third-order valence-corrected chi connectivity index (χ3v) is 3.39. The van der Waals surface area contributed by atoms with Crippen LogP contribution in [0.2, 0.25) is 0 Å². The van der Waals surface area contributed by atoms with Crippen molar-refractivity contribution in [3.63, 3.8) is 0 Å². The fourth-order valence-corrected chi connectivity index (χ4v) is 2.26. The van der Waals surface area contributed by atoms with Gasteiger partial charge in [-0.3, -0.25) is 0 Å². The Balaban J connectivity index is 2.46. The van der Waals surface area contributed by atoms with Crippen LogP contribution in [0, 0.1) is 12.8 Å². The molecular formula is C18H31NO2. The second-order valence-electron chi connectivity index (χ2n) is 5.99. The third-order valence-electron chi connectivity index (χ3n) is 3.39. The van der Waals surface area contributed by atoms with Crippen molar-refractivity contribution in [2.75, 3.05) is 26.4 Å². The maximum absolute atomic E-state index is 5.94. The standard InChI is InChI=1S/C18H31NO2/c1-6-19-18(17-9-7-15(4)8-10-17)16(5)21-12-11-20-13-14(2)3/h7-10,14,16,18-19H,6,11-13H2,1-5H3. The Labute approximate surface area is 130 Å². The molecule has 1 aromatic carbocycles. The molecule has 1 rings (SSSR count). The second kappa shape index (κ2) is 9.93. The van der Waals surface area contributed by atoms with E-state index in [1.165, 1.54) is 11.1 Å². The average molecular weight is 293 g/mol. The molecule has 0 radical (unpaired) electrons. The first kappa shape index (κ1) is 18.1. The van der Waals surface area contributed by atoms with E-state index in [-0.39, 0.29) is 12.1 Å². The van der Waals surface area contributed by atoms with Gasteiger partial charge in [-0.2, -0.15) is 0 Å². The Kier molecular flexibility index (Phi) is 8.58. The monoisotopic (exact) mass is 293 g/mol. The number of benzene rings is 1. The smallest absolute Gasteiger partial charge is 0.0742 e. The quantitative estimate of drug-likeness (QED) is 0.667. The predicted octanol–water partition coefficient (Wildman–Crippen LogP) is 3.72. The first-order valence-electron chi connectivity index (χ1n) is 8.03. The van der Waals surface area contributed by atoms with Gasteiger partial charge in [-0.05, 0) is 31.9 Å². The lowest BCUT2D eigenvalue weighted by Gasteiger charge is -2.25. The minimum atomic E-state index is 0.121. The molecule has 1 N–H and O–H groups in total. The van der Waals surface area contributed by atoms with Crippen molar-refractivity contribution >= 4 is 0 Å². The number of hydrogen-bond acceptors (Lipinski definition) is 3. The van der Waals surface area contributed by atoms with E-state index in [0.717, 1.165) is 13.2 Å². The summed E-state index contributed by atoms with van der Waals surface area (Å²) in [7, 11) is 0. The summed E-state index contributed by atoms with van der Waals surface area (Å²) in [6, 6.07) is 8.88. The SMILES string of the molecule is CCNC(c1ccc(C)cc1)C(C)OCCOCC(C)C. The molecule has 0 aliphatic carbocycles. The molecular weight excluding hydrogens is 262 g/mol. The normalized spacial score (nSPS) is 14.4. The third kappa shape index (κ3) is 7.07. The van der Waals surface area contributed by atoms with Crippen LogP contribution in [-0.2, 0) is 9.47 Å². The predicted molar refractivity (Wildman–Crippen MR) is 88.7 cm³/mol. The maximum atomic E-state index is 5.94. The van der Waals surface area contributed by atoms with Gasteiger partial charge in [0.15, 0.2) is 0 Å². The molecule has 0 heterocycles. The highest BCUT2D eigenvalue weighted by Crippen LogP contribution is 2.19. The zero-order chi connectivity index (χ0) is 15.7. The summed E-state index contributed by atoms with van der Waals surface area (Å²) >= 11 is 0. The van der Waals surface area contributed by atoms with Gasteiger partial charge in [-0.15, -0.1) is 0 Å². The zero-order valence-corrected chi connectivity index (χ0v) is 14.2. The van der Waals surface area contributed by atoms with Crippen LogP contribution >= 0.6 is 0 Å². The zero-order valence-electron chi connectivity index (χ0n) is 14.2. The largest absolute Gasteiger partial charge is 0.379 e. The number of ether oxygens (including phenoxy) is 2. The van der Waals surface area contributed by atoms with Gasteiger partial charge in [0.1, 0.15) is 0 Å². The molecule has 3 heteroatoms. The van der Waals surface area contributed by atoms with E-state index in [0.29, 0.717) is 19.1 Å². The highest BCUT2D eigenvalue weighted by Gasteiger charge is 2.18. The first-order chi connectivity index (χ1) is 10.0. The fourth-order valence-electron chi connectivity index (χ4n) is 2.26. The summed E-state index contributed by atoms with van der Waals surface area (Å²) in [4.78, 5) is 0. The fraction of sp³-hybridized carbons (Fsp3) is 0.667. The van der Waals surface area contributed by atoms with Crippen molar-refractivity contribution in [1.82, 2.24) is 5.32 Å². The molecule has 0 aliphatic rings. The Bertz CT molecular complexity index is 375. The summed E-state index contributed by atoms with van der Waals surface area (Å²) in [6.45, 7) is 13.7. The van der Waals surface area contributed by atoms with Crippen LogP contribution in [-0.4, -0.2) is 32.5 Å². The van der Waals surface area contributed by atoms with Crippen LogP contribution in [0.1, 0.15) is 44.9 Å². The molecule has 21 heavy (non-hydrogen) atoms. The van der Waals surface area contributed by atoms with E-state index in [2.05, 4.69) is 64.2 Å². The summed E-state index contributed by atoms with van der Waals surface area (Å²) in [6.07, 6.45) is 0.121. The van der Waals surface area contributed by atoms with Gasteiger partial charge in [0.2, 0.25) is 0 Å². The number of rotatable bonds is 10. The van der Waals surface area contributed by atoms with E-state index in [1.807, 2.05) is 0 Å². The van der Waals surface area contributed by atoms with Gasteiger partial charge in [-0.25, -0.2) is 0 Å². The van der Waals surface area contributed by atoms with Gasteiger partial charge >= 0.3 is 0 Å². The van der Waals surface area contributed by atoms with Gasteiger partial charge in [0, 0.05) is 6.61 Å². The van der Waals surface area contributed by atoms with Crippen molar-refractivity contribution in [2.45, 2.75) is 46.8 Å². The van der Waals surface area contributed by atoms with Crippen LogP contribution in [0.4, 0.5) is 0 Å². The van der Waals surface area contributed by atoms with Gasteiger partial charge in [0.25, 0.3) is 0 Å². The molecule has 0 aliphatic heterocycles. The lowest BCUT2D eigenvalue weighted by atomic mass is 10.0. The molecule has 120 valence electrons. The van der Waals surface area contributed by atoms with Crippen LogP contribution in [0.25, 0.3) is 0 Å². The second-order valence-corrected chi connectivity index (χ2v) is 5.99.